The highest BCUT2D eigenvalue weighted by Gasteiger charge is 2.53. The first-order valence-electron chi connectivity index (χ1n) is 8.64. The molecule has 2 aliphatic carbocycles. The van der Waals surface area contributed by atoms with E-state index in [1.807, 2.05) is 60.7 Å². The van der Waals surface area contributed by atoms with Gasteiger partial charge in [-0.3, -0.25) is 0 Å². The molecule has 0 aromatic heterocycles. The van der Waals surface area contributed by atoms with Crippen LogP contribution in [0.25, 0.3) is 12.2 Å². The fourth-order valence-electron chi connectivity index (χ4n) is 4.19. The summed E-state index contributed by atoms with van der Waals surface area (Å²) in [5.74, 6) is -4.23. The second-order valence-electron chi connectivity index (χ2n) is 6.79. The lowest BCUT2D eigenvalue weighted by atomic mass is 9.66. The van der Waals surface area contributed by atoms with E-state index in [1.165, 1.54) is 14.2 Å². The molecule has 0 saturated heterocycles. The van der Waals surface area contributed by atoms with E-state index >= 15 is 0 Å². The molecule has 0 heterocycles. The summed E-state index contributed by atoms with van der Waals surface area (Å²) in [6.07, 6.45) is 7.01. The lowest BCUT2D eigenvalue weighted by Crippen LogP contribution is -2.50. The van der Waals surface area contributed by atoms with E-state index in [1.54, 1.807) is 12.2 Å². The van der Waals surface area contributed by atoms with Crippen molar-refractivity contribution in [2.75, 3.05) is 14.2 Å². The maximum absolute atomic E-state index is 11.3. The third-order valence-electron chi connectivity index (χ3n) is 5.54. The van der Waals surface area contributed by atoms with Gasteiger partial charge in [0.25, 0.3) is 0 Å². The maximum Gasteiger partial charge on any atom is 0.193 e. The van der Waals surface area contributed by atoms with Crippen LogP contribution in [0.2, 0.25) is 0 Å². The van der Waals surface area contributed by atoms with Gasteiger partial charge in [-0.25, -0.2) is 0 Å². The number of fused-ring (bicyclic) bond motifs is 2. The van der Waals surface area contributed by atoms with Crippen LogP contribution < -0.4 is 0 Å². The van der Waals surface area contributed by atoms with Crippen molar-refractivity contribution in [1.29, 1.82) is 0 Å². The summed E-state index contributed by atoms with van der Waals surface area (Å²) in [6.45, 7) is 0. The molecule has 0 bridgehead atoms. The SMILES string of the molecule is COC1(O)C=Cc2ccccc2C1C1c2ccccc2C=CC1(O)OC. The van der Waals surface area contributed by atoms with Crippen molar-refractivity contribution < 1.29 is 19.7 Å². The van der Waals surface area contributed by atoms with Gasteiger partial charge in [-0.05, 0) is 34.4 Å². The Hall–Kier alpha value is -2.24. The Bertz CT molecular complexity index is 814. The largest absolute Gasteiger partial charge is 0.362 e. The third-order valence-corrected chi connectivity index (χ3v) is 5.54. The van der Waals surface area contributed by atoms with E-state index in [0.717, 1.165) is 22.3 Å². The van der Waals surface area contributed by atoms with E-state index in [0.29, 0.717) is 0 Å². The number of benzene rings is 2. The zero-order valence-corrected chi connectivity index (χ0v) is 14.8. The van der Waals surface area contributed by atoms with E-state index in [2.05, 4.69) is 0 Å². The molecule has 0 amide bonds. The quantitative estimate of drug-likeness (QED) is 0.834. The van der Waals surface area contributed by atoms with Gasteiger partial charge in [0, 0.05) is 14.2 Å². The first kappa shape index (κ1) is 17.2. The number of hydrogen-bond acceptors (Lipinski definition) is 4. The minimum atomic E-state index is -1.57. The number of methoxy groups -OCH3 is 2. The highest BCUT2D eigenvalue weighted by Crippen LogP contribution is 2.53. The smallest absolute Gasteiger partial charge is 0.193 e. The van der Waals surface area contributed by atoms with E-state index in [9.17, 15) is 10.2 Å². The maximum atomic E-state index is 11.3. The van der Waals surface area contributed by atoms with Gasteiger partial charge in [0.05, 0.1) is 11.8 Å². The molecular weight excluding hydrogens is 328 g/mol. The minimum absolute atomic E-state index is 0.551. The summed E-state index contributed by atoms with van der Waals surface area (Å²) in [6, 6.07) is 15.7. The molecule has 0 fully saturated rings. The molecule has 4 nitrogen and oxygen atoms in total. The van der Waals surface area contributed by atoms with Crippen LogP contribution in [-0.2, 0) is 9.47 Å². The van der Waals surface area contributed by atoms with E-state index in [-0.39, 0.29) is 0 Å². The highest BCUT2D eigenvalue weighted by molar-refractivity contribution is 5.65. The molecule has 0 radical (unpaired) electrons. The normalized spacial score (nSPS) is 32.2. The predicted octanol–water partition coefficient (Wildman–Crippen LogP) is 3.28. The van der Waals surface area contributed by atoms with Gasteiger partial charge < -0.3 is 19.7 Å². The average Bonchev–Trinajstić information content (AvgIpc) is 2.69. The Morgan fingerprint density at radius 1 is 0.692 bits per heavy atom. The van der Waals surface area contributed by atoms with Crippen LogP contribution in [0, 0.1) is 0 Å². The zero-order valence-electron chi connectivity index (χ0n) is 14.8. The Morgan fingerprint density at radius 3 is 1.46 bits per heavy atom. The summed E-state index contributed by atoms with van der Waals surface area (Å²) in [4.78, 5) is 0. The van der Waals surface area contributed by atoms with Crippen LogP contribution in [0.15, 0.2) is 60.7 Å². The van der Waals surface area contributed by atoms with Gasteiger partial charge in [0.2, 0.25) is 0 Å². The molecule has 2 aromatic carbocycles. The van der Waals surface area contributed by atoms with Gasteiger partial charge in [-0.15, -0.1) is 0 Å². The van der Waals surface area contributed by atoms with Crippen molar-refractivity contribution in [1.82, 2.24) is 0 Å². The number of hydrogen-bond donors (Lipinski definition) is 2. The van der Waals surface area contributed by atoms with Gasteiger partial charge in [-0.2, -0.15) is 0 Å². The predicted molar refractivity (Wildman–Crippen MR) is 100 cm³/mol. The first-order valence-corrected chi connectivity index (χ1v) is 8.64. The van der Waals surface area contributed by atoms with Crippen molar-refractivity contribution in [3.63, 3.8) is 0 Å². The molecule has 4 heteroatoms. The molecule has 2 aliphatic rings. The standard InChI is InChI=1S/C22H22O4/c1-25-21(23)13-11-15-7-3-5-9-17(15)19(21)20-18-10-6-4-8-16(18)12-14-22(20,24)26-2/h3-14,19-20,23-24H,1-2H3. The van der Waals surface area contributed by atoms with Crippen LogP contribution in [0.5, 0.6) is 0 Å². The van der Waals surface area contributed by atoms with Crippen LogP contribution >= 0.6 is 0 Å². The Kier molecular flexibility index (Phi) is 4.09. The van der Waals surface area contributed by atoms with Crippen molar-refractivity contribution >= 4 is 12.2 Å². The molecule has 0 saturated carbocycles. The molecule has 0 aliphatic heterocycles. The molecule has 0 spiro atoms. The van der Waals surface area contributed by atoms with Gasteiger partial charge in [-0.1, -0.05) is 60.7 Å². The summed E-state index contributed by atoms with van der Waals surface area (Å²) in [5.41, 5.74) is 3.80. The molecule has 134 valence electrons. The van der Waals surface area contributed by atoms with Crippen molar-refractivity contribution in [2.24, 2.45) is 0 Å². The second kappa shape index (κ2) is 6.18. The van der Waals surface area contributed by atoms with E-state index < -0.39 is 23.4 Å². The monoisotopic (exact) mass is 350 g/mol. The fourth-order valence-corrected chi connectivity index (χ4v) is 4.19. The summed E-state index contributed by atoms with van der Waals surface area (Å²) in [5, 5.41) is 22.6. The van der Waals surface area contributed by atoms with Gasteiger partial charge >= 0.3 is 0 Å². The van der Waals surface area contributed by atoms with Crippen molar-refractivity contribution in [3.8, 4) is 0 Å². The zero-order chi connectivity index (χ0) is 18.4. The molecule has 2 aromatic rings. The topological polar surface area (TPSA) is 58.9 Å². The molecule has 26 heavy (non-hydrogen) atoms. The third kappa shape index (κ3) is 2.46. The van der Waals surface area contributed by atoms with Crippen molar-refractivity contribution in [2.45, 2.75) is 23.4 Å². The van der Waals surface area contributed by atoms with E-state index in [4.69, 9.17) is 9.47 Å². The molecule has 4 rings (SSSR count). The Morgan fingerprint density at radius 2 is 1.08 bits per heavy atom. The Balaban J connectivity index is 1.98. The first-order chi connectivity index (χ1) is 12.5. The van der Waals surface area contributed by atoms with Gasteiger partial charge in [0.15, 0.2) is 11.6 Å². The van der Waals surface area contributed by atoms with Gasteiger partial charge in [0.1, 0.15) is 0 Å². The number of aliphatic hydroxyl groups is 2. The molecule has 2 N–H and O–H groups in total. The second-order valence-corrected chi connectivity index (χ2v) is 6.79. The van der Waals surface area contributed by atoms with Crippen molar-refractivity contribution in [3.05, 3.63) is 82.9 Å². The van der Waals surface area contributed by atoms with Crippen LogP contribution in [0.1, 0.15) is 34.1 Å². The lowest BCUT2D eigenvalue weighted by molar-refractivity contribution is -0.215. The summed E-state index contributed by atoms with van der Waals surface area (Å²) >= 11 is 0. The summed E-state index contributed by atoms with van der Waals surface area (Å²) in [7, 11) is 2.95. The van der Waals surface area contributed by atoms with Crippen LogP contribution in [0.3, 0.4) is 0 Å². The van der Waals surface area contributed by atoms with Crippen LogP contribution in [0.4, 0.5) is 0 Å². The number of ether oxygens (including phenoxy) is 2. The molecule has 4 unspecified atom stereocenters. The average molecular weight is 350 g/mol. The Labute approximate surface area is 153 Å². The molecule has 4 atom stereocenters. The van der Waals surface area contributed by atoms with Crippen LogP contribution in [-0.4, -0.2) is 36.0 Å². The fraction of sp³-hybridized carbons (Fsp3) is 0.273. The minimum Gasteiger partial charge on any atom is -0.362 e. The number of rotatable bonds is 3. The lowest BCUT2D eigenvalue weighted by Gasteiger charge is -2.47. The highest BCUT2D eigenvalue weighted by atomic mass is 16.6. The summed E-state index contributed by atoms with van der Waals surface area (Å²) < 4.78 is 11.1. The molecular formula is C22H22O4.